The van der Waals surface area contributed by atoms with Gasteiger partial charge in [0.2, 0.25) is 0 Å². The van der Waals surface area contributed by atoms with Crippen LogP contribution in [0.25, 0.3) is 61.2 Å². The minimum absolute atomic E-state index is 0.144. The average molecular weight is 743 g/mol. The van der Waals surface area contributed by atoms with E-state index in [1.807, 2.05) is 0 Å². The van der Waals surface area contributed by atoms with Gasteiger partial charge in [-0.25, -0.2) is 0 Å². The Kier molecular flexibility index (Phi) is 7.05. The quantitative estimate of drug-likeness (QED) is 0.165. The molecule has 0 unspecified atom stereocenters. The van der Waals surface area contributed by atoms with Crippen LogP contribution in [0.1, 0.15) is 48.9 Å². The molecule has 0 amide bonds. The predicted molar refractivity (Wildman–Crippen MR) is 242 cm³/mol. The molecule has 1 saturated carbocycles. The summed E-state index contributed by atoms with van der Waals surface area (Å²) < 4.78 is 2.50. The molecule has 0 saturated heterocycles. The Balaban J connectivity index is 0.959. The summed E-state index contributed by atoms with van der Waals surface area (Å²) in [6.07, 6.45) is 2.45. The van der Waals surface area contributed by atoms with Crippen LogP contribution in [-0.2, 0) is 10.8 Å². The second-order valence-electron chi connectivity index (χ2n) is 16.9. The average Bonchev–Trinajstić information content (AvgIpc) is 3.88. The number of hydrogen-bond donors (Lipinski definition) is 0. The summed E-state index contributed by atoms with van der Waals surface area (Å²) in [5, 5.41) is 1.31. The van der Waals surface area contributed by atoms with Crippen molar-refractivity contribution in [3.8, 4) is 50.3 Å². The van der Waals surface area contributed by atoms with Crippen molar-refractivity contribution in [1.29, 1.82) is 0 Å². The van der Waals surface area contributed by atoms with Crippen molar-refractivity contribution in [1.82, 2.24) is 4.57 Å². The number of aromatic nitrogens is 1. The van der Waals surface area contributed by atoms with Crippen LogP contribution >= 0.6 is 0 Å². The highest BCUT2D eigenvalue weighted by atomic mass is 15.1. The largest absolute Gasteiger partial charge is 0.310 e. The zero-order chi connectivity index (χ0) is 38.6. The summed E-state index contributed by atoms with van der Waals surface area (Å²) in [5.74, 6) is 0. The smallest absolute Gasteiger partial charge is 0.0584 e. The van der Waals surface area contributed by atoms with Gasteiger partial charge in [0.25, 0.3) is 0 Å². The first-order chi connectivity index (χ1) is 28.5. The molecule has 3 aliphatic rings. The normalized spacial score (nSPS) is 14.9. The lowest BCUT2D eigenvalue weighted by Crippen LogP contribution is -2.14. The molecule has 3 aliphatic carbocycles. The summed E-state index contributed by atoms with van der Waals surface area (Å²) in [6, 6.07) is 72.0. The molecule has 2 heteroatoms. The Morgan fingerprint density at radius 2 is 0.983 bits per heavy atom. The molecule has 276 valence electrons. The maximum Gasteiger partial charge on any atom is 0.0584 e. The van der Waals surface area contributed by atoms with Crippen molar-refractivity contribution < 1.29 is 0 Å². The molecule has 0 aliphatic heterocycles. The van der Waals surface area contributed by atoms with E-state index in [1.54, 1.807) is 0 Å². The Labute approximate surface area is 340 Å². The first kappa shape index (κ1) is 33.3. The molecule has 0 N–H and O–H groups in total. The highest BCUT2D eigenvalue weighted by Gasteiger charge is 2.52. The van der Waals surface area contributed by atoms with Crippen molar-refractivity contribution in [3.05, 3.63) is 216 Å². The lowest BCUT2D eigenvalue weighted by molar-refractivity contribution is 0.666. The summed E-state index contributed by atoms with van der Waals surface area (Å²) in [7, 11) is 0. The second kappa shape index (κ2) is 12.3. The topological polar surface area (TPSA) is 8.17 Å². The molecule has 0 bridgehead atoms. The van der Waals surface area contributed by atoms with Gasteiger partial charge in [-0.15, -0.1) is 0 Å². The Hall–Kier alpha value is -6.90. The van der Waals surface area contributed by atoms with Crippen LogP contribution in [0, 0.1) is 0 Å². The van der Waals surface area contributed by atoms with Gasteiger partial charge in [-0.2, -0.15) is 0 Å². The van der Waals surface area contributed by atoms with E-state index in [0.29, 0.717) is 0 Å². The van der Waals surface area contributed by atoms with E-state index in [-0.39, 0.29) is 10.8 Å². The molecule has 0 atom stereocenters. The second-order valence-corrected chi connectivity index (χ2v) is 16.9. The number of fused-ring (bicyclic) bond motifs is 10. The summed E-state index contributed by atoms with van der Waals surface area (Å²) in [4.78, 5) is 2.42. The Morgan fingerprint density at radius 3 is 1.72 bits per heavy atom. The third-order valence-electron chi connectivity index (χ3n) is 13.4. The standard InChI is InChI=1S/C56H42N2/c1-55(2)49-19-11-10-18-47(49)54-53(55)48-35-40(25-32-52(48)58(54)43-28-21-38(22-29-43)37-13-5-3-6-14-37)39-23-26-42(27-24-39)57(41-15-7-4-8-16-41)44-30-31-46-45-17-9-12-20-50(45)56(33-34-56)51(46)36-44/h3-32,35-36H,33-34H2,1-2H3. The van der Waals surface area contributed by atoms with Crippen molar-refractivity contribution in [2.45, 2.75) is 37.5 Å². The molecule has 58 heavy (non-hydrogen) atoms. The molecule has 1 fully saturated rings. The van der Waals surface area contributed by atoms with Gasteiger partial charge in [0.1, 0.15) is 0 Å². The van der Waals surface area contributed by atoms with Crippen molar-refractivity contribution >= 4 is 28.0 Å². The number of nitrogens with zero attached hydrogens (tertiary/aromatic N) is 2. The number of rotatable bonds is 6. The van der Waals surface area contributed by atoms with Gasteiger partial charge in [0.15, 0.2) is 0 Å². The highest BCUT2D eigenvalue weighted by molar-refractivity contribution is 6.01. The van der Waals surface area contributed by atoms with E-state index in [2.05, 4.69) is 217 Å². The van der Waals surface area contributed by atoms with Crippen LogP contribution in [0.4, 0.5) is 17.1 Å². The van der Waals surface area contributed by atoms with Crippen molar-refractivity contribution in [2.75, 3.05) is 4.90 Å². The molecular formula is C56H42N2. The van der Waals surface area contributed by atoms with E-state index in [4.69, 9.17) is 0 Å². The number of para-hydroxylation sites is 1. The lowest BCUT2D eigenvalue weighted by atomic mass is 9.81. The van der Waals surface area contributed by atoms with E-state index < -0.39 is 0 Å². The Morgan fingerprint density at radius 1 is 0.431 bits per heavy atom. The highest BCUT2D eigenvalue weighted by Crippen LogP contribution is 2.63. The monoisotopic (exact) mass is 742 g/mol. The first-order valence-electron chi connectivity index (χ1n) is 20.6. The predicted octanol–water partition coefficient (Wildman–Crippen LogP) is 14.8. The fraction of sp³-hybridized carbons (Fsp3) is 0.107. The van der Waals surface area contributed by atoms with E-state index >= 15 is 0 Å². The molecule has 1 heterocycles. The lowest BCUT2D eigenvalue weighted by Gasteiger charge is -2.27. The number of hydrogen-bond acceptors (Lipinski definition) is 1. The van der Waals surface area contributed by atoms with Crippen molar-refractivity contribution in [2.24, 2.45) is 0 Å². The van der Waals surface area contributed by atoms with Crippen LogP contribution in [0.2, 0.25) is 0 Å². The summed E-state index contributed by atoms with van der Waals surface area (Å²) in [5.41, 5.74) is 22.0. The van der Waals surface area contributed by atoms with E-state index in [1.165, 1.54) is 102 Å². The molecule has 1 aromatic heterocycles. The minimum Gasteiger partial charge on any atom is -0.310 e. The molecule has 9 aromatic rings. The van der Waals surface area contributed by atoms with Gasteiger partial charge >= 0.3 is 0 Å². The van der Waals surface area contributed by atoms with Crippen LogP contribution in [-0.4, -0.2) is 4.57 Å². The van der Waals surface area contributed by atoms with Gasteiger partial charge in [-0.05, 0) is 129 Å². The molecule has 12 rings (SSSR count). The fourth-order valence-corrected chi connectivity index (χ4v) is 10.5. The van der Waals surface area contributed by atoms with Gasteiger partial charge in [-0.3, -0.25) is 0 Å². The number of benzene rings is 8. The Bertz CT molecular complexity index is 3060. The molecule has 1 spiro atoms. The fourth-order valence-electron chi connectivity index (χ4n) is 10.5. The van der Waals surface area contributed by atoms with E-state index in [9.17, 15) is 0 Å². The van der Waals surface area contributed by atoms with Gasteiger partial charge in [0, 0.05) is 44.5 Å². The van der Waals surface area contributed by atoms with Gasteiger partial charge in [-0.1, -0.05) is 147 Å². The summed E-state index contributed by atoms with van der Waals surface area (Å²) >= 11 is 0. The number of anilines is 3. The maximum absolute atomic E-state index is 2.50. The van der Waals surface area contributed by atoms with Gasteiger partial charge in [0.05, 0.1) is 11.2 Å². The van der Waals surface area contributed by atoms with E-state index in [0.717, 1.165) is 11.4 Å². The van der Waals surface area contributed by atoms with Crippen LogP contribution in [0.5, 0.6) is 0 Å². The summed E-state index contributed by atoms with van der Waals surface area (Å²) in [6.45, 7) is 4.78. The molecule has 2 nitrogen and oxygen atoms in total. The molecule has 8 aromatic carbocycles. The maximum atomic E-state index is 2.50. The van der Waals surface area contributed by atoms with Gasteiger partial charge < -0.3 is 9.47 Å². The third kappa shape index (κ3) is 4.78. The molecular weight excluding hydrogens is 701 g/mol. The van der Waals surface area contributed by atoms with Crippen LogP contribution < -0.4 is 4.90 Å². The zero-order valence-corrected chi connectivity index (χ0v) is 32.8. The SMILES string of the molecule is CC1(C)c2ccccc2-c2c1c1cc(-c3ccc(N(c4ccccc4)c4ccc5c(c4)C4(CC4)c4ccccc4-5)cc3)ccc1n2-c1ccc(-c2ccccc2)cc1. The third-order valence-corrected chi connectivity index (χ3v) is 13.4. The zero-order valence-electron chi connectivity index (χ0n) is 32.8. The van der Waals surface area contributed by atoms with Crippen molar-refractivity contribution in [3.63, 3.8) is 0 Å². The van der Waals surface area contributed by atoms with Crippen LogP contribution in [0.3, 0.4) is 0 Å². The first-order valence-corrected chi connectivity index (χ1v) is 20.6. The van der Waals surface area contributed by atoms with Crippen LogP contribution in [0.15, 0.2) is 194 Å². The minimum atomic E-state index is -0.144. The molecule has 0 radical (unpaired) electrons.